The van der Waals surface area contributed by atoms with E-state index in [0.29, 0.717) is 12.0 Å². The van der Waals surface area contributed by atoms with E-state index in [9.17, 15) is 4.39 Å². The van der Waals surface area contributed by atoms with Gasteiger partial charge in [0.2, 0.25) is 0 Å². The van der Waals surface area contributed by atoms with Crippen molar-refractivity contribution >= 4 is 0 Å². The lowest BCUT2D eigenvalue weighted by molar-refractivity contribution is -0.0479. The first kappa shape index (κ1) is 16.4. The minimum absolute atomic E-state index is 0.0637. The van der Waals surface area contributed by atoms with Gasteiger partial charge >= 0.3 is 0 Å². The fourth-order valence-corrected chi connectivity index (χ4v) is 3.08. The molecule has 0 spiro atoms. The largest absolute Gasteiger partial charge is 0.369 e. The van der Waals surface area contributed by atoms with Crippen molar-refractivity contribution in [2.45, 2.75) is 52.2 Å². The zero-order valence-electron chi connectivity index (χ0n) is 13.4. The maximum atomic E-state index is 13.5. The zero-order chi connectivity index (χ0) is 15.2. The minimum atomic E-state index is -0.191. The molecule has 118 valence electrons. The number of hydrogen-bond donors (Lipinski definition) is 1. The second kappa shape index (κ2) is 7.90. The number of nitrogens with one attached hydrogen (secondary N) is 1. The molecule has 2 nitrogen and oxygen atoms in total. The molecule has 1 N–H and O–H groups in total. The summed E-state index contributed by atoms with van der Waals surface area (Å²) in [5.41, 5.74) is 0.933. The average molecular weight is 293 g/mol. The van der Waals surface area contributed by atoms with Crippen LogP contribution in [0.3, 0.4) is 0 Å². The van der Waals surface area contributed by atoms with Crippen LogP contribution in [0, 0.1) is 17.7 Å². The second-order valence-corrected chi connectivity index (χ2v) is 6.38. The summed E-state index contributed by atoms with van der Waals surface area (Å²) in [5.74, 6) is 1.30. The Morgan fingerprint density at radius 3 is 2.76 bits per heavy atom. The highest BCUT2D eigenvalue weighted by Gasteiger charge is 2.27. The van der Waals surface area contributed by atoms with Crippen molar-refractivity contribution in [2.24, 2.45) is 11.8 Å². The second-order valence-electron chi connectivity index (χ2n) is 6.38. The van der Waals surface area contributed by atoms with Gasteiger partial charge < -0.3 is 10.1 Å². The monoisotopic (exact) mass is 293 g/mol. The van der Waals surface area contributed by atoms with Gasteiger partial charge in [-0.25, -0.2) is 4.39 Å². The van der Waals surface area contributed by atoms with E-state index >= 15 is 0 Å². The molecule has 0 amide bonds. The van der Waals surface area contributed by atoms with Crippen molar-refractivity contribution in [3.8, 4) is 0 Å². The summed E-state index contributed by atoms with van der Waals surface area (Å²) in [7, 11) is 0. The Morgan fingerprint density at radius 2 is 2.10 bits per heavy atom. The van der Waals surface area contributed by atoms with Crippen LogP contribution in [-0.2, 0) is 4.74 Å². The number of halogens is 1. The molecule has 4 unspecified atom stereocenters. The quantitative estimate of drug-likeness (QED) is 0.843. The normalized spacial score (nSPS) is 27.5. The fourth-order valence-electron chi connectivity index (χ4n) is 3.08. The van der Waals surface area contributed by atoms with Crippen LogP contribution in [0.4, 0.5) is 4.39 Å². The number of benzene rings is 1. The smallest absolute Gasteiger partial charge is 0.123 e. The summed E-state index contributed by atoms with van der Waals surface area (Å²) in [6.07, 6.45) is 3.68. The topological polar surface area (TPSA) is 21.3 Å². The van der Waals surface area contributed by atoms with E-state index in [1.165, 1.54) is 12.5 Å². The minimum Gasteiger partial charge on any atom is -0.369 e. The Balaban J connectivity index is 2.02. The molecule has 0 heterocycles. The molecule has 0 saturated heterocycles. The molecule has 1 fully saturated rings. The molecule has 4 atom stereocenters. The first-order chi connectivity index (χ1) is 10.1. The standard InChI is InChI=1S/C18H28FNO/c1-4-20-12-18(15-6-5-7-16(19)11-15)21-17-9-8-13(2)14(3)10-17/h5-7,11,13-14,17-18,20H,4,8-10,12H2,1-3H3. The van der Waals surface area contributed by atoms with Crippen molar-refractivity contribution in [3.05, 3.63) is 35.6 Å². The van der Waals surface area contributed by atoms with Gasteiger partial charge in [-0.3, -0.25) is 0 Å². The molecule has 3 heteroatoms. The molecular formula is C18H28FNO. The van der Waals surface area contributed by atoms with Crippen LogP contribution in [0.15, 0.2) is 24.3 Å². The molecule has 0 radical (unpaired) electrons. The number of likely N-dealkylation sites (N-methyl/N-ethyl adjacent to an activating group) is 1. The third-order valence-electron chi connectivity index (χ3n) is 4.71. The van der Waals surface area contributed by atoms with Crippen LogP contribution >= 0.6 is 0 Å². The van der Waals surface area contributed by atoms with E-state index in [1.54, 1.807) is 12.1 Å². The Morgan fingerprint density at radius 1 is 1.29 bits per heavy atom. The molecule has 1 aromatic carbocycles. The summed E-state index contributed by atoms with van der Waals surface area (Å²) in [6, 6.07) is 6.80. The molecule has 1 saturated carbocycles. The maximum Gasteiger partial charge on any atom is 0.123 e. The van der Waals surface area contributed by atoms with Gasteiger partial charge in [0.1, 0.15) is 5.82 Å². The highest BCUT2D eigenvalue weighted by atomic mass is 19.1. The maximum absolute atomic E-state index is 13.5. The van der Waals surface area contributed by atoms with Crippen LogP contribution in [0.5, 0.6) is 0 Å². The van der Waals surface area contributed by atoms with Crippen LogP contribution < -0.4 is 5.32 Å². The van der Waals surface area contributed by atoms with Gasteiger partial charge in [-0.15, -0.1) is 0 Å². The Bertz CT molecular complexity index is 437. The van der Waals surface area contributed by atoms with Gasteiger partial charge in [0.25, 0.3) is 0 Å². The van der Waals surface area contributed by atoms with Crippen LogP contribution in [-0.4, -0.2) is 19.2 Å². The van der Waals surface area contributed by atoms with E-state index in [0.717, 1.165) is 37.4 Å². The first-order valence-electron chi connectivity index (χ1n) is 8.21. The zero-order valence-corrected chi connectivity index (χ0v) is 13.4. The lowest BCUT2D eigenvalue weighted by Crippen LogP contribution is -2.31. The van der Waals surface area contributed by atoms with Gasteiger partial charge in [0.05, 0.1) is 12.2 Å². The number of ether oxygens (including phenoxy) is 1. The molecule has 0 aliphatic heterocycles. The van der Waals surface area contributed by atoms with Gasteiger partial charge in [-0.2, -0.15) is 0 Å². The summed E-state index contributed by atoms with van der Waals surface area (Å²) < 4.78 is 19.8. The van der Waals surface area contributed by atoms with Crippen molar-refractivity contribution in [2.75, 3.05) is 13.1 Å². The first-order valence-corrected chi connectivity index (χ1v) is 8.21. The van der Waals surface area contributed by atoms with Gasteiger partial charge in [0.15, 0.2) is 0 Å². The molecule has 2 rings (SSSR count). The van der Waals surface area contributed by atoms with E-state index in [-0.39, 0.29) is 11.9 Å². The van der Waals surface area contributed by atoms with Crippen LogP contribution in [0.2, 0.25) is 0 Å². The van der Waals surface area contributed by atoms with Crippen molar-refractivity contribution < 1.29 is 9.13 Å². The summed E-state index contributed by atoms with van der Waals surface area (Å²) in [4.78, 5) is 0. The highest BCUT2D eigenvalue weighted by molar-refractivity contribution is 5.19. The van der Waals surface area contributed by atoms with Crippen molar-refractivity contribution in [1.29, 1.82) is 0 Å². The lowest BCUT2D eigenvalue weighted by Gasteiger charge is -2.34. The Hall–Kier alpha value is -0.930. The lowest BCUT2D eigenvalue weighted by atomic mass is 9.80. The molecule has 1 aliphatic carbocycles. The number of hydrogen-bond acceptors (Lipinski definition) is 2. The van der Waals surface area contributed by atoms with Crippen molar-refractivity contribution in [1.82, 2.24) is 5.32 Å². The average Bonchev–Trinajstić information content (AvgIpc) is 2.47. The third-order valence-corrected chi connectivity index (χ3v) is 4.71. The predicted molar refractivity (Wildman–Crippen MR) is 84.7 cm³/mol. The fraction of sp³-hybridized carbons (Fsp3) is 0.667. The molecule has 1 aromatic rings. The van der Waals surface area contributed by atoms with E-state index in [4.69, 9.17) is 4.74 Å². The SMILES string of the molecule is CCNCC(OC1CCC(C)C(C)C1)c1cccc(F)c1. The van der Waals surface area contributed by atoms with E-state index < -0.39 is 0 Å². The Labute approximate surface area is 128 Å². The van der Waals surface area contributed by atoms with Gasteiger partial charge in [-0.1, -0.05) is 32.9 Å². The third kappa shape index (κ3) is 4.79. The summed E-state index contributed by atoms with van der Waals surface area (Å²) in [6.45, 7) is 8.34. The van der Waals surface area contributed by atoms with E-state index in [1.807, 2.05) is 6.07 Å². The highest BCUT2D eigenvalue weighted by Crippen LogP contribution is 2.33. The molecule has 0 bridgehead atoms. The van der Waals surface area contributed by atoms with Gasteiger partial charge in [0, 0.05) is 6.54 Å². The summed E-state index contributed by atoms with van der Waals surface area (Å²) in [5, 5.41) is 3.33. The van der Waals surface area contributed by atoms with Crippen molar-refractivity contribution in [3.63, 3.8) is 0 Å². The predicted octanol–water partition coefficient (Wildman–Crippen LogP) is 4.32. The molecular weight excluding hydrogens is 265 g/mol. The van der Waals surface area contributed by atoms with Crippen LogP contribution in [0.1, 0.15) is 51.7 Å². The molecule has 21 heavy (non-hydrogen) atoms. The molecule has 1 aliphatic rings. The van der Waals surface area contributed by atoms with Gasteiger partial charge in [-0.05, 0) is 55.3 Å². The summed E-state index contributed by atoms with van der Waals surface area (Å²) >= 11 is 0. The number of rotatable bonds is 6. The van der Waals surface area contributed by atoms with Crippen LogP contribution in [0.25, 0.3) is 0 Å². The Kier molecular flexibility index (Phi) is 6.19. The van der Waals surface area contributed by atoms with E-state index in [2.05, 4.69) is 26.1 Å². The molecule has 0 aromatic heterocycles.